The summed E-state index contributed by atoms with van der Waals surface area (Å²) in [5, 5.41) is -0.199. The average molecular weight is 352 g/mol. The number of benzene rings is 1. The number of nitrogens with zero attached hydrogens (tertiary/aromatic N) is 2. The van der Waals surface area contributed by atoms with Crippen LogP contribution in [-0.2, 0) is 11.3 Å². The van der Waals surface area contributed by atoms with Crippen molar-refractivity contribution >= 4 is 29.0 Å². The third kappa shape index (κ3) is 3.42. The molecular formula is C20H20N2O2S. The van der Waals surface area contributed by atoms with Gasteiger partial charge in [0.1, 0.15) is 0 Å². The van der Waals surface area contributed by atoms with E-state index in [9.17, 15) is 9.59 Å². The third-order valence-electron chi connectivity index (χ3n) is 4.84. The van der Waals surface area contributed by atoms with Gasteiger partial charge in [-0.25, -0.2) is 0 Å². The molecule has 1 saturated carbocycles. The fraction of sp³-hybridized carbons (Fsp3) is 0.300. The lowest BCUT2D eigenvalue weighted by Crippen LogP contribution is -2.27. The van der Waals surface area contributed by atoms with Crippen LogP contribution in [0.15, 0.2) is 53.7 Å². The molecule has 2 heterocycles. The van der Waals surface area contributed by atoms with Crippen molar-refractivity contribution in [3.63, 3.8) is 0 Å². The van der Waals surface area contributed by atoms with E-state index in [2.05, 4.69) is 17.0 Å². The van der Waals surface area contributed by atoms with Crippen molar-refractivity contribution in [3.05, 3.63) is 64.8 Å². The molecule has 5 heteroatoms. The van der Waals surface area contributed by atoms with Crippen LogP contribution in [0, 0.1) is 0 Å². The highest BCUT2D eigenvalue weighted by molar-refractivity contribution is 8.18. The third-order valence-corrected chi connectivity index (χ3v) is 5.75. The summed E-state index contributed by atoms with van der Waals surface area (Å²) < 4.78 is 2.24. The Morgan fingerprint density at radius 3 is 2.60 bits per heavy atom. The fourth-order valence-corrected chi connectivity index (χ4v) is 4.34. The van der Waals surface area contributed by atoms with Crippen LogP contribution in [0.3, 0.4) is 0 Å². The molecule has 0 N–H and O–H groups in total. The molecule has 0 atom stereocenters. The van der Waals surface area contributed by atoms with Gasteiger partial charge in [0.2, 0.25) is 0 Å². The van der Waals surface area contributed by atoms with E-state index in [4.69, 9.17) is 0 Å². The second kappa shape index (κ2) is 6.92. The van der Waals surface area contributed by atoms with Gasteiger partial charge in [0.05, 0.1) is 11.4 Å². The van der Waals surface area contributed by atoms with E-state index < -0.39 is 0 Å². The minimum absolute atomic E-state index is 0.199. The second-order valence-corrected chi connectivity index (χ2v) is 7.58. The van der Waals surface area contributed by atoms with Crippen LogP contribution < -0.4 is 0 Å². The summed E-state index contributed by atoms with van der Waals surface area (Å²) in [5.41, 5.74) is 1.94. The Morgan fingerprint density at radius 1 is 1.08 bits per heavy atom. The van der Waals surface area contributed by atoms with Gasteiger partial charge in [0.15, 0.2) is 0 Å². The largest absolute Gasteiger partial charge is 0.351 e. The minimum atomic E-state index is -0.201. The van der Waals surface area contributed by atoms with E-state index in [-0.39, 0.29) is 11.1 Å². The molecule has 0 radical (unpaired) electrons. The van der Waals surface area contributed by atoms with Gasteiger partial charge >= 0.3 is 0 Å². The van der Waals surface area contributed by atoms with Crippen LogP contribution in [0.25, 0.3) is 6.08 Å². The molecule has 1 aromatic carbocycles. The maximum atomic E-state index is 12.6. The molecule has 2 aliphatic rings. The van der Waals surface area contributed by atoms with Crippen LogP contribution in [0.2, 0.25) is 0 Å². The van der Waals surface area contributed by atoms with Gasteiger partial charge in [-0.3, -0.25) is 14.5 Å². The lowest BCUT2D eigenvalue weighted by molar-refractivity contribution is -0.123. The minimum Gasteiger partial charge on any atom is -0.351 e. The molecule has 2 amide bonds. The summed E-state index contributed by atoms with van der Waals surface area (Å²) in [6.45, 7) is 0.325. The van der Waals surface area contributed by atoms with Crippen LogP contribution in [-0.4, -0.2) is 20.6 Å². The van der Waals surface area contributed by atoms with E-state index in [0.717, 1.165) is 22.9 Å². The molecular weight excluding hydrogens is 332 g/mol. The van der Waals surface area contributed by atoms with E-state index in [1.165, 1.54) is 30.6 Å². The summed E-state index contributed by atoms with van der Waals surface area (Å²) in [6, 6.07) is 12.2. The maximum Gasteiger partial charge on any atom is 0.293 e. The van der Waals surface area contributed by atoms with Gasteiger partial charge in [-0.05, 0) is 47.9 Å². The predicted molar refractivity (Wildman–Crippen MR) is 99.9 cm³/mol. The number of imide groups is 1. The molecule has 0 spiro atoms. The zero-order valence-electron chi connectivity index (χ0n) is 13.9. The Bertz CT molecular complexity index is 819. The summed E-state index contributed by atoms with van der Waals surface area (Å²) in [5.74, 6) is -0.201. The van der Waals surface area contributed by atoms with Crippen molar-refractivity contribution in [2.45, 2.75) is 38.3 Å². The van der Waals surface area contributed by atoms with E-state index in [0.29, 0.717) is 17.5 Å². The highest BCUT2D eigenvalue weighted by Gasteiger charge is 2.35. The molecule has 2 aromatic rings. The number of hydrogen-bond donors (Lipinski definition) is 0. The van der Waals surface area contributed by atoms with Gasteiger partial charge in [-0.2, -0.15) is 0 Å². The van der Waals surface area contributed by atoms with Gasteiger partial charge in [-0.1, -0.05) is 43.2 Å². The number of thioether (sulfide) groups is 1. The summed E-state index contributed by atoms with van der Waals surface area (Å²) >= 11 is 1.03. The Balaban J connectivity index is 1.50. The zero-order chi connectivity index (χ0) is 17.2. The molecule has 1 saturated heterocycles. The van der Waals surface area contributed by atoms with E-state index in [1.807, 2.05) is 42.5 Å². The van der Waals surface area contributed by atoms with Crippen molar-refractivity contribution in [3.8, 4) is 0 Å². The van der Waals surface area contributed by atoms with E-state index in [1.54, 1.807) is 0 Å². The van der Waals surface area contributed by atoms with Crippen molar-refractivity contribution < 1.29 is 9.59 Å². The van der Waals surface area contributed by atoms with Crippen molar-refractivity contribution in [1.29, 1.82) is 0 Å². The van der Waals surface area contributed by atoms with Crippen LogP contribution in [0.4, 0.5) is 4.79 Å². The zero-order valence-corrected chi connectivity index (χ0v) is 14.7. The number of carbonyl (C=O) groups is 2. The van der Waals surface area contributed by atoms with Crippen molar-refractivity contribution in [2.24, 2.45) is 0 Å². The van der Waals surface area contributed by atoms with Crippen LogP contribution in [0.1, 0.15) is 42.9 Å². The standard InChI is InChI=1S/C20H20N2O2S/c23-19-18(12-16-10-11-21(13-16)17-8-4-5-9-17)25-20(24)22(19)14-15-6-2-1-3-7-15/h1-3,6-7,10-13,17H,4-5,8-9,14H2/b18-12+. The van der Waals surface area contributed by atoms with Crippen molar-refractivity contribution in [1.82, 2.24) is 9.47 Å². The Kier molecular flexibility index (Phi) is 4.49. The topological polar surface area (TPSA) is 42.3 Å². The first-order valence-electron chi connectivity index (χ1n) is 8.67. The second-order valence-electron chi connectivity index (χ2n) is 6.58. The van der Waals surface area contributed by atoms with Crippen LogP contribution >= 0.6 is 11.8 Å². The Hall–Kier alpha value is -2.27. The number of rotatable bonds is 4. The molecule has 0 bridgehead atoms. The molecule has 1 aliphatic heterocycles. The Morgan fingerprint density at radius 2 is 1.84 bits per heavy atom. The first-order valence-corrected chi connectivity index (χ1v) is 9.49. The summed E-state index contributed by atoms with van der Waals surface area (Å²) in [4.78, 5) is 26.6. The molecule has 4 nitrogen and oxygen atoms in total. The molecule has 1 aliphatic carbocycles. The lowest BCUT2D eigenvalue weighted by atomic mass is 10.2. The summed E-state index contributed by atoms with van der Waals surface area (Å²) in [7, 11) is 0. The highest BCUT2D eigenvalue weighted by Crippen LogP contribution is 2.34. The number of hydrogen-bond acceptors (Lipinski definition) is 3. The van der Waals surface area contributed by atoms with Gasteiger partial charge in [-0.15, -0.1) is 0 Å². The summed E-state index contributed by atoms with van der Waals surface area (Å²) in [6.07, 6.45) is 11.0. The normalized spacial score (nSPS) is 20.2. The monoisotopic (exact) mass is 352 g/mol. The van der Waals surface area contributed by atoms with E-state index >= 15 is 0 Å². The molecule has 4 rings (SSSR count). The molecule has 0 unspecified atom stereocenters. The molecule has 128 valence electrons. The van der Waals surface area contributed by atoms with Gasteiger partial charge < -0.3 is 4.57 Å². The molecule has 1 aromatic heterocycles. The highest BCUT2D eigenvalue weighted by atomic mass is 32.2. The number of amides is 2. The number of aromatic nitrogens is 1. The van der Waals surface area contributed by atoms with Gasteiger partial charge in [0.25, 0.3) is 11.1 Å². The smallest absolute Gasteiger partial charge is 0.293 e. The van der Waals surface area contributed by atoms with Gasteiger partial charge in [0, 0.05) is 18.4 Å². The molecule has 2 fully saturated rings. The van der Waals surface area contributed by atoms with Crippen LogP contribution in [0.5, 0.6) is 0 Å². The lowest BCUT2D eigenvalue weighted by Gasteiger charge is -2.12. The average Bonchev–Trinajstić information content (AvgIpc) is 3.34. The first kappa shape index (κ1) is 16.2. The predicted octanol–water partition coefficient (Wildman–Crippen LogP) is 4.84. The SMILES string of the molecule is O=C1S/C(=C/c2ccn(C3CCCC3)c2)C(=O)N1Cc1ccccc1. The van der Waals surface area contributed by atoms with Crippen molar-refractivity contribution in [2.75, 3.05) is 0 Å². The number of carbonyl (C=O) groups excluding carboxylic acids is 2. The fourth-order valence-electron chi connectivity index (χ4n) is 3.50. The quantitative estimate of drug-likeness (QED) is 0.740. The first-order chi connectivity index (χ1) is 12.2. The maximum absolute atomic E-state index is 12.6. The Labute approximate surface area is 151 Å². The molecule has 25 heavy (non-hydrogen) atoms.